The second kappa shape index (κ2) is 8.84. The molecule has 1 saturated heterocycles. The van der Waals surface area contributed by atoms with Crippen LogP contribution in [0.3, 0.4) is 0 Å². The average molecular weight is 320 g/mol. The van der Waals surface area contributed by atoms with E-state index in [2.05, 4.69) is 22.1 Å². The van der Waals surface area contributed by atoms with Crippen molar-refractivity contribution in [2.75, 3.05) is 44.7 Å². The molecule has 2 heterocycles. The number of hydrogen-bond acceptors (Lipinski definition) is 4. The highest BCUT2D eigenvalue weighted by atomic mass is 16.5. The lowest BCUT2D eigenvalue weighted by Gasteiger charge is -2.41. The number of carbonyl (C=O) groups excluding carboxylic acids is 1. The van der Waals surface area contributed by atoms with E-state index in [0.29, 0.717) is 6.04 Å². The molecule has 1 aromatic rings. The summed E-state index contributed by atoms with van der Waals surface area (Å²) in [6, 6.07) is 2.21. The summed E-state index contributed by atoms with van der Waals surface area (Å²) in [5, 5.41) is 3.00. The highest BCUT2D eigenvalue weighted by Crippen LogP contribution is 2.16. The Morgan fingerprint density at radius 2 is 2.26 bits per heavy atom. The summed E-state index contributed by atoms with van der Waals surface area (Å²) in [5.74, 6) is 0. The van der Waals surface area contributed by atoms with Crippen LogP contribution in [0.15, 0.2) is 18.5 Å². The second-order valence-corrected chi connectivity index (χ2v) is 5.86. The molecule has 1 atom stereocenters. The fraction of sp³-hybridized carbons (Fsp3) is 0.647. The molecule has 0 spiro atoms. The molecule has 23 heavy (non-hydrogen) atoms. The number of nitrogens with zero attached hydrogens (tertiary/aromatic N) is 3. The van der Waals surface area contributed by atoms with E-state index in [1.54, 1.807) is 12.4 Å². The fourth-order valence-electron chi connectivity index (χ4n) is 2.89. The molecule has 2 rings (SSSR count). The van der Waals surface area contributed by atoms with Crippen molar-refractivity contribution in [3.05, 3.63) is 24.0 Å². The number of rotatable bonds is 6. The highest BCUT2D eigenvalue weighted by Gasteiger charge is 2.28. The number of aromatic nitrogens is 1. The van der Waals surface area contributed by atoms with Crippen LogP contribution in [0, 0.1) is 6.92 Å². The minimum absolute atomic E-state index is 0.0257. The van der Waals surface area contributed by atoms with Gasteiger partial charge in [0.05, 0.1) is 6.61 Å². The van der Waals surface area contributed by atoms with Crippen molar-refractivity contribution < 1.29 is 9.53 Å². The molecule has 0 saturated carbocycles. The molecule has 128 valence electrons. The van der Waals surface area contributed by atoms with Crippen LogP contribution in [-0.2, 0) is 4.74 Å². The quantitative estimate of drug-likeness (QED) is 0.818. The first-order chi connectivity index (χ1) is 11.2. The molecule has 6 heteroatoms. The number of nitrogens with one attached hydrogen (secondary N) is 1. The van der Waals surface area contributed by atoms with Gasteiger partial charge in [0.15, 0.2) is 0 Å². The molecular formula is C17H28N4O2. The molecule has 1 aromatic heterocycles. The van der Waals surface area contributed by atoms with Crippen LogP contribution >= 0.6 is 0 Å². The number of ether oxygens (including phenoxy) is 1. The summed E-state index contributed by atoms with van der Waals surface area (Å²) in [6.07, 6.45) is 4.49. The van der Waals surface area contributed by atoms with Gasteiger partial charge in [-0.3, -0.25) is 9.88 Å². The summed E-state index contributed by atoms with van der Waals surface area (Å²) in [5.41, 5.74) is 1.81. The number of aryl methyl sites for hydroxylation is 1. The maximum atomic E-state index is 12.5. The summed E-state index contributed by atoms with van der Waals surface area (Å²) in [6.45, 7) is 11.0. The molecule has 0 unspecified atom stereocenters. The second-order valence-electron chi connectivity index (χ2n) is 5.86. The Kier molecular flexibility index (Phi) is 6.80. The molecule has 0 aliphatic carbocycles. The van der Waals surface area contributed by atoms with Gasteiger partial charge in [-0.2, -0.15) is 0 Å². The number of anilines is 1. The number of amides is 2. The van der Waals surface area contributed by atoms with Gasteiger partial charge in [0.2, 0.25) is 0 Å². The molecule has 0 bridgehead atoms. The number of urea groups is 1. The van der Waals surface area contributed by atoms with E-state index in [1.165, 1.54) is 0 Å². The van der Waals surface area contributed by atoms with E-state index < -0.39 is 0 Å². The van der Waals surface area contributed by atoms with E-state index in [1.807, 2.05) is 24.8 Å². The van der Waals surface area contributed by atoms with Gasteiger partial charge in [0.1, 0.15) is 0 Å². The first-order valence-corrected chi connectivity index (χ1v) is 8.44. The molecular weight excluding hydrogens is 292 g/mol. The van der Waals surface area contributed by atoms with Crippen molar-refractivity contribution in [3.63, 3.8) is 0 Å². The predicted molar refractivity (Wildman–Crippen MR) is 91.7 cm³/mol. The van der Waals surface area contributed by atoms with Crippen molar-refractivity contribution in [1.82, 2.24) is 14.8 Å². The molecule has 0 aromatic carbocycles. The predicted octanol–water partition coefficient (Wildman–Crippen LogP) is 2.35. The van der Waals surface area contributed by atoms with Crippen molar-refractivity contribution in [2.24, 2.45) is 0 Å². The molecule has 1 aliphatic heterocycles. The maximum Gasteiger partial charge on any atom is 0.321 e. The van der Waals surface area contributed by atoms with Crippen LogP contribution in [-0.4, -0.2) is 66.2 Å². The Balaban J connectivity index is 1.89. The number of pyridine rings is 1. The van der Waals surface area contributed by atoms with Crippen LogP contribution in [0.25, 0.3) is 0 Å². The van der Waals surface area contributed by atoms with Gasteiger partial charge in [-0.15, -0.1) is 0 Å². The van der Waals surface area contributed by atoms with Crippen LogP contribution in [0.1, 0.15) is 25.8 Å². The molecule has 6 nitrogen and oxygen atoms in total. The zero-order valence-electron chi connectivity index (χ0n) is 14.4. The standard InChI is InChI=1S/C17H28N4O2/c1-4-15-13-21(9-8-20(15)10-11-23-5-2)17(22)19-16-6-7-18-12-14(16)3/h6-7,12,15H,4-5,8-11,13H2,1-3H3,(H,18,19,22)/t15-/m1/s1. The minimum Gasteiger partial charge on any atom is -0.380 e. The van der Waals surface area contributed by atoms with E-state index in [0.717, 1.165) is 57.1 Å². The van der Waals surface area contributed by atoms with Crippen molar-refractivity contribution in [1.29, 1.82) is 0 Å². The minimum atomic E-state index is -0.0257. The van der Waals surface area contributed by atoms with Gasteiger partial charge in [0, 0.05) is 56.9 Å². The Morgan fingerprint density at radius 1 is 1.43 bits per heavy atom. The van der Waals surface area contributed by atoms with Gasteiger partial charge in [-0.25, -0.2) is 4.79 Å². The zero-order chi connectivity index (χ0) is 16.7. The van der Waals surface area contributed by atoms with Gasteiger partial charge in [-0.05, 0) is 31.9 Å². The molecule has 1 aliphatic rings. The Bertz CT molecular complexity index is 509. The fourth-order valence-corrected chi connectivity index (χ4v) is 2.89. The topological polar surface area (TPSA) is 57.7 Å². The first kappa shape index (κ1) is 17.7. The van der Waals surface area contributed by atoms with Crippen LogP contribution in [0.5, 0.6) is 0 Å². The number of piperazine rings is 1. The van der Waals surface area contributed by atoms with Crippen LogP contribution in [0.2, 0.25) is 0 Å². The third-order valence-electron chi connectivity index (χ3n) is 4.35. The maximum absolute atomic E-state index is 12.5. The van der Waals surface area contributed by atoms with Crippen molar-refractivity contribution in [2.45, 2.75) is 33.2 Å². The highest BCUT2D eigenvalue weighted by molar-refractivity contribution is 5.90. The first-order valence-electron chi connectivity index (χ1n) is 8.44. The van der Waals surface area contributed by atoms with E-state index >= 15 is 0 Å². The Hall–Kier alpha value is -1.66. The van der Waals surface area contributed by atoms with E-state index in [4.69, 9.17) is 4.74 Å². The zero-order valence-corrected chi connectivity index (χ0v) is 14.4. The SMILES string of the molecule is CCOCCN1CCN(C(=O)Nc2ccncc2C)C[C@H]1CC. The third-order valence-corrected chi connectivity index (χ3v) is 4.35. The average Bonchev–Trinajstić information content (AvgIpc) is 2.57. The Labute approximate surface area is 138 Å². The van der Waals surface area contributed by atoms with E-state index in [-0.39, 0.29) is 6.03 Å². The van der Waals surface area contributed by atoms with E-state index in [9.17, 15) is 4.79 Å². The van der Waals surface area contributed by atoms with Gasteiger partial charge in [0.25, 0.3) is 0 Å². The lowest BCUT2D eigenvalue weighted by molar-refractivity contribution is 0.0545. The molecule has 2 amide bonds. The molecule has 0 radical (unpaired) electrons. The summed E-state index contributed by atoms with van der Waals surface area (Å²) in [7, 11) is 0. The monoisotopic (exact) mass is 320 g/mol. The van der Waals surface area contributed by atoms with Crippen molar-refractivity contribution >= 4 is 11.7 Å². The Morgan fingerprint density at radius 3 is 2.96 bits per heavy atom. The number of hydrogen-bond donors (Lipinski definition) is 1. The summed E-state index contributed by atoms with van der Waals surface area (Å²) < 4.78 is 5.46. The summed E-state index contributed by atoms with van der Waals surface area (Å²) >= 11 is 0. The molecule has 1 fully saturated rings. The molecule has 1 N–H and O–H groups in total. The largest absolute Gasteiger partial charge is 0.380 e. The summed E-state index contributed by atoms with van der Waals surface area (Å²) in [4.78, 5) is 20.9. The van der Waals surface area contributed by atoms with Crippen LogP contribution in [0.4, 0.5) is 10.5 Å². The van der Waals surface area contributed by atoms with Gasteiger partial charge in [-0.1, -0.05) is 6.92 Å². The number of carbonyl (C=O) groups is 1. The smallest absolute Gasteiger partial charge is 0.321 e. The lowest BCUT2D eigenvalue weighted by Crippen LogP contribution is -2.56. The van der Waals surface area contributed by atoms with Crippen molar-refractivity contribution in [3.8, 4) is 0 Å². The van der Waals surface area contributed by atoms with Gasteiger partial charge >= 0.3 is 6.03 Å². The lowest BCUT2D eigenvalue weighted by atomic mass is 10.1. The normalized spacial score (nSPS) is 18.9. The van der Waals surface area contributed by atoms with Gasteiger partial charge < -0.3 is 15.0 Å². The third kappa shape index (κ3) is 4.91. The van der Waals surface area contributed by atoms with Crippen LogP contribution < -0.4 is 5.32 Å².